The van der Waals surface area contributed by atoms with Crippen LogP contribution in [-0.4, -0.2) is 9.97 Å². The molecule has 2 aromatic heterocycles. The lowest BCUT2D eigenvalue weighted by atomic mass is 10.1. The molecule has 0 N–H and O–H groups in total. The summed E-state index contributed by atoms with van der Waals surface area (Å²) in [6.45, 7) is 3.66. The van der Waals surface area contributed by atoms with E-state index in [2.05, 4.69) is 23.0 Å². The van der Waals surface area contributed by atoms with Crippen LogP contribution in [0, 0.1) is 6.92 Å². The number of pyridine rings is 2. The Labute approximate surface area is 89.3 Å². The second kappa shape index (κ2) is 4.51. The highest BCUT2D eigenvalue weighted by atomic mass is 14.6. The fourth-order valence-electron chi connectivity index (χ4n) is 1.38. The molecule has 2 aromatic rings. The Hall–Kier alpha value is -1.96. The van der Waals surface area contributed by atoms with Crippen molar-refractivity contribution in [2.24, 2.45) is 0 Å². The fraction of sp³-hybridized carbons (Fsp3) is 0. The molecule has 2 nitrogen and oxygen atoms in total. The lowest BCUT2D eigenvalue weighted by molar-refractivity contribution is 1.29. The van der Waals surface area contributed by atoms with Crippen molar-refractivity contribution in [2.75, 3.05) is 0 Å². The lowest BCUT2D eigenvalue weighted by Crippen LogP contribution is -1.83. The Morgan fingerprint density at radius 2 is 1.93 bits per heavy atom. The van der Waals surface area contributed by atoms with E-state index in [1.807, 2.05) is 36.8 Å². The standard InChI is InChI=1S/C13H11N2/c1-2-4-11-7-13(10-15-8-11)12-5-3-6-14-9-12/h2-10H,1H2/b4-2+. The molecule has 0 saturated heterocycles. The van der Waals surface area contributed by atoms with Crippen LogP contribution in [0.1, 0.15) is 5.56 Å². The molecule has 0 unspecified atom stereocenters. The van der Waals surface area contributed by atoms with E-state index in [0.29, 0.717) is 0 Å². The zero-order chi connectivity index (χ0) is 10.5. The molecule has 0 spiro atoms. The molecule has 0 saturated carbocycles. The van der Waals surface area contributed by atoms with Gasteiger partial charge in [-0.2, -0.15) is 0 Å². The quantitative estimate of drug-likeness (QED) is 0.736. The first kappa shape index (κ1) is 9.59. The summed E-state index contributed by atoms with van der Waals surface area (Å²) in [7, 11) is 0. The van der Waals surface area contributed by atoms with Crippen molar-refractivity contribution in [2.45, 2.75) is 0 Å². The summed E-state index contributed by atoms with van der Waals surface area (Å²) < 4.78 is 0. The molecule has 0 aliphatic carbocycles. The Morgan fingerprint density at radius 1 is 1.07 bits per heavy atom. The summed E-state index contributed by atoms with van der Waals surface area (Å²) in [6, 6.07) is 5.99. The number of nitrogens with zero attached hydrogens (tertiary/aromatic N) is 2. The Morgan fingerprint density at radius 3 is 2.67 bits per heavy atom. The van der Waals surface area contributed by atoms with Crippen molar-refractivity contribution in [3.05, 3.63) is 61.5 Å². The minimum atomic E-state index is 1.05. The smallest absolute Gasteiger partial charge is 0.0347 e. The van der Waals surface area contributed by atoms with Gasteiger partial charge in [0.15, 0.2) is 0 Å². The van der Waals surface area contributed by atoms with Crippen LogP contribution in [0.2, 0.25) is 0 Å². The first-order chi connectivity index (χ1) is 7.40. The average Bonchev–Trinajstić information content (AvgIpc) is 2.31. The predicted octanol–water partition coefficient (Wildman–Crippen LogP) is 2.99. The molecule has 0 fully saturated rings. The van der Waals surface area contributed by atoms with Crippen molar-refractivity contribution < 1.29 is 0 Å². The lowest BCUT2D eigenvalue weighted by Gasteiger charge is -2.00. The Bertz CT molecular complexity index is 461. The first-order valence-electron chi connectivity index (χ1n) is 4.71. The zero-order valence-electron chi connectivity index (χ0n) is 8.30. The topological polar surface area (TPSA) is 25.8 Å². The predicted molar refractivity (Wildman–Crippen MR) is 61.9 cm³/mol. The van der Waals surface area contributed by atoms with Gasteiger partial charge in [-0.15, -0.1) is 0 Å². The minimum absolute atomic E-state index is 1.05. The van der Waals surface area contributed by atoms with Crippen molar-refractivity contribution in [3.8, 4) is 11.1 Å². The molecule has 0 bridgehead atoms. The number of aromatic nitrogens is 2. The summed E-state index contributed by atoms with van der Waals surface area (Å²) in [5, 5.41) is 0. The van der Waals surface area contributed by atoms with Gasteiger partial charge in [0.05, 0.1) is 0 Å². The third-order valence-electron chi connectivity index (χ3n) is 2.06. The van der Waals surface area contributed by atoms with Gasteiger partial charge in [-0.05, 0) is 24.6 Å². The van der Waals surface area contributed by atoms with Crippen LogP contribution in [0.5, 0.6) is 0 Å². The summed E-state index contributed by atoms with van der Waals surface area (Å²) in [5.74, 6) is 0. The molecule has 15 heavy (non-hydrogen) atoms. The van der Waals surface area contributed by atoms with Gasteiger partial charge >= 0.3 is 0 Å². The summed E-state index contributed by atoms with van der Waals surface area (Å²) in [5.41, 5.74) is 3.19. The van der Waals surface area contributed by atoms with Crippen LogP contribution < -0.4 is 0 Å². The molecular weight excluding hydrogens is 184 g/mol. The monoisotopic (exact) mass is 195 g/mol. The average molecular weight is 195 g/mol. The summed E-state index contributed by atoms with van der Waals surface area (Å²) >= 11 is 0. The SMILES string of the molecule is [CH2]/C=C/c1cncc(-c2cccnc2)c1. The molecule has 0 amide bonds. The van der Waals surface area contributed by atoms with E-state index in [-0.39, 0.29) is 0 Å². The minimum Gasteiger partial charge on any atom is -0.264 e. The molecule has 73 valence electrons. The molecule has 1 radical (unpaired) electrons. The highest BCUT2D eigenvalue weighted by Crippen LogP contribution is 2.18. The molecular formula is C13H11N2. The van der Waals surface area contributed by atoms with Crippen molar-refractivity contribution in [1.29, 1.82) is 0 Å². The van der Waals surface area contributed by atoms with Crippen molar-refractivity contribution >= 4 is 6.08 Å². The second-order valence-corrected chi connectivity index (χ2v) is 3.15. The largest absolute Gasteiger partial charge is 0.264 e. The normalized spacial score (nSPS) is 10.7. The van der Waals surface area contributed by atoms with Crippen molar-refractivity contribution in [3.63, 3.8) is 0 Å². The molecule has 0 aliphatic heterocycles. The van der Waals surface area contributed by atoms with E-state index >= 15 is 0 Å². The van der Waals surface area contributed by atoms with Gasteiger partial charge in [-0.3, -0.25) is 9.97 Å². The zero-order valence-corrected chi connectivity index (χ0v) is 8.30. The third-order valence-corrected chi connectivity index (χ3v) is 2.06. The second-order valence-electron chi connectivity index (χ2n) is 3.15. The number of rotatable bonds is 2. The molecule has 2 rings (SSSR count). The van der Waals surface area contributed by atoms with Crippen LogP contribution in [0.15, 0.2) is 49.1 Å². The maximum Gasteiger partial charge on any atom is 0.0347 e. The third kappa shape index (κ3) is 2.29. The van der Waals surface area contributed by atoms with Crippen LogP contribution in [0.25, 0.3) is 17.2 Å². The van der Waals surface area contributed by atoms with E-state index in [9.17, 15) is 0 Å². The molecule has 0 aromatic carbocycles. The van der Waals surface area contributed by atoms with E-state index in [1.54, 1.807) is 12.3 Å². The van der Waals surface area contributed by atoms with Crippen LogP contribution in [-0.2, 0) is 0 Å². The highest BCUT2D eigenvalue weighted by Gasteiger charge is 1.97. The van der Waals surface area contributed by atoms with E-state index in [4.69, 9.17) is 0 Å². The van der Waals surface area contributed by atoms with Crippen LogP contribution >= 0.6 is 0 Å². The highest BCUT2D eigenvalue weighted by molar-refractivity contribution is 5.65. The fourth-order valence-corrected chi connectivity index (χ4v) is 1.38. The molecule has 0 aliphatic rings. The van der Waals surface area contributed by atoms with Gasteiger partial charge in [-0.25, -0.2) is 0 Å². The van der Waals surface area contributed by atoms with Gasteiger partial charge < -0.3 is 0 Å². The number of allylic oxidation sites excluding steroid dienone is 1. The molecule has 2 heterocycles. The first-order valence-corrected chi connectivity index (χ1v) is 4.71. The van der Waals surface area contributed by atoms with E-state index in [1.165, 1.54) is 0 Å². The van der Waals surface area contributed by atoms with Gasteiger partial charge in [0, 0.05) is 35.9 Å². The van der Waals surface area contributed by atoms with E-state index in [0.717, 1.165) is 16.7 Å². The maximum absolute atomic E-state index is 4.17. The van der Waals surface area contributed by atoms with Crippen LogP contribution in [0.4, 0.5) is 0 Å². The molecule has 2 heteroatoms. The van der Waals surface area contributed by atoms with Gasteiger partial charge in [0.25, 0.3) is 0 Å². The number of hydrogen-bond acceptors (Lipinski definition) is 2. The molecule has 0 atom stereocenters. The number of hydrogen-bond donors (Lipinski definition) is 0. The Kier molecular flexibility index (Phi) is 2.88. The van der Waals surface area contributed by atoms with E-state index < -0.39 is 0 Å². The summed E-state index contributed by atoms with van der Waals surface area (Å²) in [6.07, 6.45) is 10.9. The maximum atomic E-state index is 4.17. The van der Waals surface area contributed by atoms with Crippen LogP contribution in [0.3, 0.4) is 0 Å². The summed E-state index contributed by atoms with van der Waals surface area (Å²) in [4.78, 5) is 8.25. The van der Waals surface area contributed by atoms with Gasteiger partial charge in [-0.1, -0.05) is 18.2 Å². The van der Waals surface area contributed by atoms with Gasteiger partial charge in [0.2, 0.25) is 0 Å². The van der Waals surface area contributed by atoms with Gasteiger partial charge in [0.1, 0.15) is 0 Å². The van der Waals surface area contributed by atoms with Crippen molar-refractivity contribution in [1.82, 2.24) is 9.97 Å². The Balaban J connectivity index is 2.41.